The largest absolute Gasteiger partial charge is 0.467 e. The molecule has 0 saturated carbocycles. The van der Waals surface area contributed by atoms with Gasteiger partial charge in [0.1, 0.15) is 5.76 Å². The van der Waals surface area contributed by atoms with E-state index in [0.29, 0.717) is 24.7 Å². The fourth-order valence-corrected chi connectivity index (χ4v) is 3.89. The van der Waals surface area contributed by atoms with Crippen molar-refractivity contribution < 1.29 is 9.21 Å². The van der Waals surface area contributed by atoms with E-state index in [4.69, 9.17) is 9.68 Å². The van der Waals surface area contributed by atoms with Crippen molar-refractivity contribution in [2.75, 3.05) is 19.3 Å². The third-order valence-corrected chi connectivity index (χ3v) is 5.88. The second-order valence-corrected chi connectivity index (χ2v) is 9.25. The van der Waals surface area contributed by atoms with E-state index in [9.17, 15) is 4.79 Å². The average Bonchev–Trinajstić information content (AvgIpc) is 3.40. The lowest BCUT2D eigenvalue weighted by molar-refractivity contribution is -0.127. The summed E-state index contributed by atoms with van der Waals surface area (Å²) < 4.78 is 7.50. The molecular formula is C23H27N5O2S. The van der Waals surface area contributed by atoms with Crippen LogP contribution in [0.1, 0.15) is 38.5 Å². The highest BCUT2D eigenvalue weighted by Crippen LogP contribution is 2.28. The molecular weight excluding hydrogens is 410 g/mol. The first-order valence-corrected chi connectivity index (χ1v) is 11.1. The highest BCUT2D eigenvalue weighted by atomic mass is 32.2. The fraction of sp³-hybridized carbons (Fsp3) is 0.391. The van der Waals surface area contributed by atoms with Gasteiger partial charge in [0, 0.05) is 19.2 Å². The molecule has 1 amide bonds. The summed E-state index contributed by atoms with van der Waals surface area (Å²) in [6.45, 7) is 7.43. The van der Waals surface area contributed by atoms with Crippen LogP contribution < -0.4 is 0 Å². The molecule has 3 aromatic rings. The molecule has 8 heteroatoms. The zero-order valence-corrected chi connectivity index (χ0v) is 19.1. The number of carbonyl (C=O) groups excluding carboxylic acids is 1. The number of hydrogen-bond acceptors (Lipinski definition) is 6. The van der Waals surface area contributed by atoms with Crippen LogP contribution >= 0.6 is 11.8 Å². The molecule has 0 spiro atoms. The topological polar surface area (TPSA) is 88.0 Å². The lowest BCUT2D eigenvalue weighted by Crippen LogP contribution is -2.29. The van der Waals surface area contributed by atoms with E-state index in [0.717, 1.165) is 17.1 Å². The van der Waals surface area contributed by atoms with Crippen molar-refractivity contribution in [3.05, 3.63) is 54.0 Å². The molecule has 7 nitrogen and oxygen atoms in total. The van der Waals surface area contributed by atoms with Crippen molar-refractivity contribution in [2.45, 2.75) is 44.3 Å². The Balaban J connectivity index is 1.84. The Morgan fingerprint density at radius 2 is 1.97 bits per heavy atom. The Morgan fingerprint density at radius 1 is 1.23 bits per heavy atom. The monoisotopic (exact) mass is 437 g/mol. The van der Waals surface area contributed by atoms with Gasteiger partial charge in [0.05, 0.1) is 31.1 Å². The molecule has 0 fully saturated rings. The fourth-order valence-electron chi connectivity index (χ4n) is 3.01. The highest BCUT2D eigenvalue weighted by Gasteiger charge is 2.19. The lowest BCUT2D eigenvalue weighted by atomic mass is 9.87. The Bertz CT molecular complexity index is 1040. The van der Waals surface area contributed by atoms with Gasteiger partial charge in [0.15, 0.2) is 11.0 Å². The molecule has 2 aromatic heterocycles. The van der Waals surface area contributed by atoms with Crippen LogP contribution in [0.15, 0.2) is 52.2 Å². The van der Waals surface area contributed by atoms with E-state index >= 15 is 0 Å². The number of hydrogen-bond donors (Lipinski definition) is 0. The Morgan fingerprint density at radius 3 is 2.58 bits per heavy atom. The number of benzene rings is 1. The Kier molecular flexibility index (Phi) is 7.18. The van der Waals surface area contributed by atoms with Crippen molar-refractivity contribution in [1.82, 2.24) is 19.7 Å². The standard InChI is InChI=1S/C23H27N5O2S/c1-23(2,3)18-10-8-17(9-11-18)21-25-26-22(28(21)15-19-7-5-14-30-19)31-16-20(29)27(4)13-6-12-24/h5,7-11,14H,6,13,15-16H2,1-4H3. The van der Waals surface area contributed by atoms with Crippen molar-refractivity contribution >= 4 is 17.7 Å². The second kappa shape index (κ2) is 9.84. The number of thioether (sulfide) groups is 1. The van der Waals surface area contributed by atoms with Gasteiger partial charge >= 0.3 is 0 Å². The van der Waals surface area contributed by atoms with Crippen LogP contribution in [0.4, 0.5) is 0 Å². The molecule has 31 heavy (non-hydrogen) atoms. The summed E-state index contributed by atoms with van der Waals surface area (Å²) in [7, 11) is 1.70. The maximum atomic E-state index is 12.4. The molecule has 0 saturated heterocycles. The minimum atomic E-state index is -0.0520. The van der Waals surface area contributed by atoms with Crippen molar-refractivity contribution in [1.29, 1.82) is 5.26 Å². The van der Waals surface area contributed by atoms with Crippen LogP contribution in [-0.4, -0.2) is 44.9 Å². The van der Waals surface area contributed by atoms with Gasteiger partial charge in [-0.3, -0.25) is 9.36 Å². The molecule has 0 N–H and O–H groups in total. The molecule has 0 radical (unpaired) electrons. The van der Waals surface area contributed by atoms with Crippen LogP contribution in [0.3, 0.4) is 0 Å². The molecule has 0 aliphatic carbocycles. The maximum Gasteiger partial charge on any atom is 0.232 e. The zero-order valence-electron chi connectivity index (χ0n) is 18.3. The molecule has 0 aliphatic rings. The molecule has 2 heterocycles. The van der Waals surface area contributed by atoms with Gasteiger partial charge < -0.3 is 9.32 Å². The summed E-state index contributed by atoms with van der Waals surface area (Å²) in [5.74, 6) is 1.68. The summed E-state index contributed by atoms with van der Waals surface area (Å²) in [4.78, 5) is 13.9. The molecule has 1 aromatic carbocycles. The van der Waals surface area contributed by atoms with E-state index in [1.807, 2.05) is 16.7 Å². The predicted molar refractivity (Wildman–Crippen MR) is 121 cm³/mol. The van der Waals surface area contributed by atoms with E-state index in [1.54, 1.807) is 18.2 Å². The van der Waals surface area contributed by atoms with Gasteiger partial charge in [-0.1, -0.05) is 56.8 Å². The SMILES string of the molecule is CN(CCC#N)C(=O)CSc1nnc(-c2ccc(C(C)(C)C)cc2)n1Cc1ccco1. The predicted octanol–water partition coefficient (Wildman–Crippen LogP) is 4.35. The molecule has 0 aliphatic heterocycles. The van der Waals surface area contributed by atoms with Gasteiger partial charge in [0.2, 0.25) is 5.91 Å². The minimum Gasteiger partial charge on any atom is -0.467 e. The van der Waals surface area contributed by atoms with Crippen molar-refractivity contribution in [2.24, 2.45) is 0 Å². The van der Waals surface area contributed by atoms with Crippen LogP contribution in [0, 0.1) is 11.3 Å². The number of rotatable bonds is 8. The normalized spacial score (nSPS) is 11.3. The van der Waals surface area contributed by atoms with Crippen LogP contribution in [-0.2, 0) is 16.8 Å². The average molecular weight is 438 g/mol. The van der Waals surface area contributed by atoms with E-state index in [1.165, 1.54) is 17.3 Å². The minimum absolute atomic E-state index is 0.0520. The summed E-state index contributed by atoms with van der Waals surface area (Å²) in [6.07, 6.45) is 1.95. The van der Waals surface area contributed by atoms with E-state index in [-0.39, 0.29) is 17.1 Å². The number of aromatic nitrogens is 3. The first kappa shape index (κ1) is 22.6. The van der Waals surface area contributed by atoms with Crippen LogP contribution in [0.2, 0.25) is 0 Å². The molecule has 0 unspecified atom stereocenters. The van der Waals surface area contributed by atoms with Gasteiger partial charge in [-0.05, 0) is 23.1 Å². The molecule has 3 rings (SSSR count). The third-order valence-electron chi connectivity index (χ3n) is 4.93. The number of furan rings is 1. The third kappa shape index (κ3) is 5.76. The quantitative estimate of drug-likeness (QED) is 0.487. The van der Waals surface area contributed by atoms with Crippen molar-refractivity contribution in [3.8, 4) is 17.5 Å². The smallest absolute Gasteiger partial charge is 0.232 e. The van der Waals surface area contributed by atoms with Gasteiger partial charge in [-0.25, -0.2) is 0 Å². The molecule has 0 bridgehead atoms. The van der Waals surface area contributed by atoms with Crippen LogP contribution in [0.25, 0.3) is 11.4 Å². The maximum absolute atomic E-state index is 12.4. The number of amides is 1. The first-order chi connectivity index (χ1) is 14.8. The first-order valence-electron chi connectivity index (χ1n) is 10.1. The summed E-state index contributed by atoms with van der Waals surface area (Å²) in [6, 6.07) is 14.1. The van der Waals surface area contributed by atoms with Crippen molar-refractivity contribution in [3.63, 3.8) is 0 Å². The molecule has 162 valence electrons. The van der Waals surface area contributed by atoms with Gasteiger partial charge in [-0.2, -0.15) is 5.26 Å². The number of nitrogens with zero attached hydrogens (tertiary/aromatic N) is 5. The van der Waals surface area contributed by atoms with Crippen LogP contribution in [0.5, 0.6) is 0 Å². The van der Waals surface area contributed by atoms with E-state index < -0.39 is 0 Å². The summed E-state index contributed by atoms with van der Waals surface area (Å²) in [5, 5.41) is 18.1. The van der Waals surface area contributed by atoms with Gasteiger partial charge in [-0.15, -0.1) is 10.2 Å². The highest BCUT2D eigenvalue weighted by molar-refractivity contribution is 7.99. The number of carbonyl (C=O) groups is 1. The van der Waals surface area contributed by atoms with E-state index in [2.05, 4.69) is 61.3 Å². The molecule has 0 atom stereocenters. The summed E-state index contributed by atoms with van der Waals surface area (Å²) in [5.41, 5.74) is 2.27. The zero-order chi connectivity index (χ0) is 22.4. The number of nitriles is 1. The summed E-state index contributed by atoms with van der Waals surface area (Å²) >= 11 is 1.34. The van der Waals surface area contributed by atoms with Gasteiger partial charge in [0.25, 0.3) is 0 Å². The Hall–Kier alpha value is -3.05. The Labute approximate surface area is 187 Å². The lowest BCUT2D eigenvalue weighted by Gasteiger charge is -2.19. The second-order valence-electron chi connectivity index (χ2n) is 8.31.